The number of carbonyl (C=O) groups is 1. The minimum Gasteiger partial charge on any atom is -0.324 e. The molecule has 0 saturated carbocycles. The second kappa shape index (κ2) is 5.59. The Morgan fingerprint density at radius 1 is 1.35 bits per heavy atom. The summed E-state index contributed by atoms with van der Waals surface area (Å²) in [6.45, 7) is 3.04. The molecule has 2 unspecified atom stereocenters. The molecule has 2 N–H and O–H groups in total. The lowest BCUT2D eigenvalue weighted by Gasteiger charge is -2.29. The summed E-state index contributed by atoms with van der Waals surface area (Å²) in [7, 11) is 0. The molecule has 4 nitrogen and oxygen atoms in total. The molecular weight excluding hydrogens is 250 g/mol. The van der Waals surface area contributed by atoms with Gasteiger partial charge in [0, 0.05) is 11.6 Å². The summed E-state index contributed by atoms with van der Waals surface area (Å²) in [6.07, 6.45) is 4.00. The SMILES string of the molecule is CC1CCCNC1C(=O)Nc1cccc2ncccc12. The smallest absolute Gasteiger partial charge is 0.241 e. The van der Waals surface area contributed by atoms with Gasteiger partial charge in [0.15, 0.2) is 0 Å². The van der Waals surface area contributed by atoms with E-state index in [-0.39, 0.29) is 11.9 Å². The Labute approximate surface area is 118 Å². The molecule has 1 aromatic heterocycles. The topological polar surface area (TPSA) is 54.0 Å². The van der Waals surface area contributed by atoms with Crippen molar-refractivity contribution in [1.29, 1.82) is 0 Å². The number of hydrogen-bond acceptors (Lipinski definition) is 3. The predicted octanol–water partition coefficient (Wildman–Crippen LogP) is 2.56. The van der Waals surface area contributed by atoms with Crippen LogP contribution in [0.15, 0.2) is 36.5 Å². The van der Waals surface area contributed by atoms with Crippen molar-refractivity contribution in [2.75, 3.05) is 11.9 Å². The van der Waals surface area contributed by atoms with Gasteiger partial charge in [-0.25, -0.2) is 0 Å². The van der Waals surface area contributed by atoms with Crippen molar-refractivity contribution in [2.24, 2.45) is 5.92 Å². The second-order valence-electron chi connectivity index (χ2n) is 5.42. The molecule has 2 heterocycles. The van der Waals surface area contributed by atoms with Gasteiger partial charge in [-0.05, 0) is 49.6 Å². The average molecular weight is 269 g/mol. The number of rotatable bonds is 2. The molecule has 3 rings (SSSR count). The summed E-state index contributed by atoms with van der Waals surface area (Å²) in [5.41, 5.74) is 1.73. The Morgan fingerprint density at radius 2 is 2.25 bits per heavy atom. The summed E-state index contributed by atoms with van der Waals surface area (Å²) in [6, 6.07) is 9.57. The number of aromatic nitrogens is 1. The molecule has 4 heteroatoms. The molecule has 0 radical (unpaired) electrons. The third kappa shape index (κ3) is 2.51. The summed E-state index contributed by atoms with van der Waals surface area (Å²) in [4.78, 5) is 16.7. The van der Waals surface area contributed by atoms with Crippen molar-refractivity contribution in [1.82, 2.24) is 10.3 Å². The number of carbonyl (C=O) groups excluding carboxylic acids is 1. The number of hydrogen-bond donors (Lipinski definition) is 2. The Hall–Kier alpha value is -1.94. The maximum Gasteiger partial charge on any atom is 0.241 e. The number of anilines is 1. The van der Waals surface area contributed by atoms with Crippen LogP contribution in [0.2, 0.25) is 0 Å². The number of amides is 1. The van der Waals surface area contributed by atoms with Gasteiger partial charge in [-0.1, -0.05) is 13.0 Å². The quantitative estimate of drug-likeness (QED) is 0.881. The Balaban J connectivity index is 1.84. The van der Waals surface area contributed by atoms with Crippen LogP contribution in [0.1, 0.15) is 19.8 Å². The molecule has 1 saturated heterocycles. The number of pyridine rings is 1. The van der Waals surface area contributed by atoms with E-state index in [1.165, 1.54) is 0 Å². The highest BCUT2D eigenvalue weighted by Crippen LogP contribution is 2.23. The number of nitrogens with one attached hydrogen (secondary N) is 2. The lowest BCUT2D eigenvalue weighted by Crippen LogP contribution is -2.48. The van der Waals surface area contributed by atoms with E-state index in [0.29, 0.717) is 5.92 Å². The standard InChI is InChI=1S/C16H19N3O/c1-11-5-3-10-18-15(11)16(20)19-14-8-2-7-13-12(14)6-4-9-17-13/h2,4,6-9,11,15,18H,3,5,10H2,1H3,(H,19,20). The molecule has 104 valence electrons. The molecule has 0 aliphatic carbocycles. The largest absolute Gasteiger partial charge is 0.324 e. The van der Waals surface area contributed by atoms with Crippen LogP contribution in [0.3, 0.4) is 0 Å². The monoisotopic (exact) mass is 269 g/mol. The van der Waals surface area contributed by atoms with Crippen molar-refractivity contribution in [3.05, 3.63) is 36.5 Å². The van der Waals surface area contributed by atoms with Crippen molar-refractivity contribution in [3.63, 3.8) is 0 Å². The van der Waals surface area contributed by atoms with Crippen LogP contribution in [0.4, 0.5) is 5.69 Å². The van der Waals surface area contributed by atoms with Gasteiger partial charge in [0.2, 0.25) is 5.91 Å². The van der Waals surface area contributed by atoms with Gasteiger partial charge in [-0.15, -0.1) is 0 Å². The lowest BCUT2D eigenvalue weighted by molar-refractivity contribution is -0.119. The minimum atomic E-state index is -0.101. The van der Waals surface area contributed by atoms with Crippen molar-refractivity contribution in [3.8, 4) is 0 Å². The van der Waals surface area contributed by atoms with Crippen LogP contribution >= 0.6 is 0 Å². The van der Waals surface area contributed by atoms with E-state index >= 15 is 0 Å². The maximum absolute atomic E-state index is 12.4. The minimum absolute atomic E-state index is 0.0496. The van der Waals surface area contributed by atoms with Gasteiger partial charge in [-0.3, -0.25) is 9.78 Å². The van der Waals surface area contributed by atoms with Gasteiger partial charge in [-0.2, -0.15) is 0 Å². The van der Waals surface area contributed by atoms with Crippen LogP contribution in [0.25, 0.3) is 10.9 Å². The fourth-order valence-corrected chi connectivity index (χ4v) is 2.82. The Morgan fingerprint density at radius 3 is 3.10 bits per heavy atom. The molecule has 1 aliphatic heterocycles. The molecule has 0 bridgehead atoms. The van der Waals surface area contributed by atoms with E-state index in [4.69, 9.17) is 0 Å². The molecule has 1 aromatic carbocycles. The normalized spacial score (nSPS) is 22.6. The fraction of sp³-hybridized carbons (Fsp3) is 0.375. The van der Waals surface area contributed by atoms with Crippen molar-refractivity contribution < 1.29 is 4.79 Å². The van der Waals surface area contributed by atoms with E-state index in [1.54, 1.807) is 6.20 Å². The molecular formula is C16H19N3O. The molecule has 1 fully saturated rings. The van der Waals surface area contributed by atoms with E-state index in [1.807, 2.05) is 30.3 Å². The van der Waals surface area contributed by atoms with Crippen molar-refractivity contribution in [2.45, 2.75) is 25.8 Å². The van der Waals surface area contributed by atoms with Gasteiger partial charge in [0.1, 0.15) is 0 Å². The van der Waals surface area contributed by atoms with Gasteiger partial charge in [0.25, 0.3) is 0 Å². The summed E-state index contributed by atoms with van der Waals surface area (Å²) < 4.78 is 0. The first kappa shape index (κ1) is 13.1. The van der Waals surface area contributed by atoms with E-state index in [0.717, 1.165) is 36.0 Å². The molecule has 2 aromatic rings. The first-order valence-corrected chi connectivity index (χ1v) is 7.14. The number of benzene rings is 1. The summed E-state index contributed by atoms with van der Waals surface area (Å²) in [5.74, 6) is 0.422. The van der Waals surface area contributed by atoms with E-state index in [9.17, 15) is 4.79 Å². The zero-order valence-electron chi connectivity index (χ0n) is 11.6. The van der Waals surface area contributed by atoms with E-state index in [2.05, 4.69) is 22.5 Å². The number of piperidine rings is 1. The zero-order valence-corrected chi connectivity index (χ0v) is 11.6. The predicted molar refractivity (Wildman–Crippen MR) is 80.6 cm³/mol. The fourth-order valence-electron chi connectivity index (χ4n) is 2.82. The Bertz CT molecular complexity index is 621. The van der Waals surface area contributed by atoms with Crippen LogP contribution < -0.4 is 10.6 Å². The van der Waals surface area contributed by atoms with E-state index < -0.39 is 0 Å². The third-order valence-electron chi connectivity index (χ3n) is 3.96. The highest BCUT2D eigenvalue weighted by Gasteiger charge is 2.27. The molecule has 1 amide bonds. The molecule has 2 atom stereocenters. The Kier molecular flexibility index (Phi) is 3.65. The van der Waals surface area contributed by atoms with Gasteiger partial charge in [0.05, 0.1) is 17.2 Å². The van der Waals surface area contributed by atoms with Crippen LogP contribution in [-0.4, -0.2) is 23.5 Å². The summed E-state index contributed by atoms with van der Waals surface area (Å²) in [5, 5.41) is 7.33. The first-order valence-electron chi connectivity index (χ1n) is 7.14. The van der Waals surface area contributed by atoms with Crippen LogP contribution in [0.5, 0.6) is 0 Å². The highest BCUT2D eigenvalue weighted by molar-refractivity contribution is 6.02. The zero-order chi connectivity index (χ0) is 13.9. The number of nitrogens with zero attached hydrogens (tertiary/aromatic N) is 1. The molecule has 1 aliphatic rings. The highest BCUT2D eigenvalue weighted by atomic mass is 16.2. The van der Waals surface area contributed by atoms with Gasteiger partial charge < -0.3 is 10.6 Å². The number of fused-ring (bicyclic) bond motifs is 1. The molecule has 0 spiro atoms. The first-order chi connectivity index (χ1) is 9.75. The van der Waals surface area contributed by atoms with Gasteiger partial charge >= 0.3 is 0 Å². The van der Waals surface area contributed by atoms with Crippen LogP contribution in [0, 0.1) is 5.92 Å². The summed E-state index contributed by atoms with van der Waals surface area (Å²) >= 11 is 0. The maximum atomic E-state index is 12.4. The van der Waals surface area contributed by atoms with Crippen molar-refractivity contribution >= 4 is 22.5 Å². The molecule has 20 heavy (non-hydrogen) atoms. The second-order valence-corrected chi connectivity index (χ2v) is 5.42. The average Bonchev–Trinajstić information content (AvgIpc) is 2.48. The van der Waals surface area contributed by atoms with Crippen LogP contribution in [-0.2, 0) is 4.79 Å². The third-order valence-corrected chi connectivity index (χ3v) is 3.96. The lowest BCUT2D eigenvalue weighted by atomic mass is 9.92.